The number of amidine groups is 1. The third kappa shape index (κ3) is 2.91. The molecule has 1 atom stereocenters. The molecule has 6 heteroatoms. The Balaban J connectivity index is 1.55. The molecule has 0 aromatic heterocycles. The van der Waals surface area contributed by atoms with Gasteiger partial charge in [-0.2, -0.15) is 0 Å². The molecular weight excluding hydrogens is 334 g/mol. The highest BCUT2D eigenvalue weighted by molar-refractivity contribution is 7.90. The number of aryl methyl sites for hydroxylation is 1. The Hall–Kier alpha value is -2.34. The van der Waals surface area contributed by atoms with E-state index in [1.807, 2.05) is 6.07 Å². The highest BCUT2D eigenvalue weighted by atomic mass is 32.2. The minimum Gasteiger partial charge on any atom is -0.367 e. The van der Waals surface area contributed by atoms with Gasteiger partial charge in [-0.15, -0.1) is 0 Å². The predicted molar refractivity (Wildman–Crippen MR) is 99.7 cm³/mol. The zero-order chi connectivity index (χ0) is 17.4. The third-order valence-electron chi connectivity index (χ3n) is 4.94. The van der Waals surface area contributed by atoms with E-state index in [4.69, 9.17) is 0 Å². The number of rotatable bonds is 3. The topological polar surface area (TPSA) is 61.8 Å². The molecule has 2 aromatic rings. The lowest BCUT2D eigenvalue weighted by molar-refractivity contribution is 0.565. The second-order valence-corrected chi connectivity index (χ2v) is 8.19. The van der Waals surface area contributed by atoms with Crippen LogP contribution in [0, 0.1) is 0 Å². The van der Waals surface area contributed by atoms with Gasteiger partial charge in [0.2, 0.25) is 0 Å². The van der Waals surface area contributed by atoms with Crippen LogP contribution in [0.4, 0.5) is 5.69 Å². The predicted octanol–water partition coefficient (Wildman–Crippen LogP) is 2.57. The summed E-state index contributed by atoms with van der Waals surface area (Å²) in [5, 5.41) is 0. The Morgan fingerprint density at radius 1 is 1.16 bits per heavy atom. The van der Waals surface area contributed by atoms with Gasteiger partial charge in [0.25, 0.3) is 10.0 Å². The maximum Gasteiger partial charge on any atom is 0.263 e. The van der Waals surface area contributed by atoms with Crippen LogP contribution >= 0.6 is 0 Å². The van der Waals surface area contributed by atoms with Gasteiger partial charge >= 0.3 is 0 Å². The lowest BCUT2D eigenvalue weighted by Crippen LogP contribution is -2.39. The van der Waals surface area contributed by atoms with Gasteiger partial charge in [-0.05, 0) is 43.5 Å². The monoisotopic (exact) mass is 355 g/mol. The van der Waals surface area contributed by atoms with Crippen LogP contribution < -0.4 is 9.62 Å². The number of nitrogens with one attached hydrogen (secondary N) is 1. The van der Waals surface area contributed by atoms with Gasteiger partial charge in [-0.25, -0.2) is 8.42 Å². The minimum atomic E-state index is -3.46. The molecule has 2 aliphatic rings. The molecule has 2 aromatic carbocycles. The third-order valence-corrected chi connectivity index (χ3v) is 6.34. The Morgan fingerprint density at radius 3 is 2.80 bits per heavy atom. The second kappa shape index (κ2) is 6.19. The fourth-order valence-corrected chi connectivity index (χ4v) is 4.87. The Kier molecular flexibility index (Phi) is 4.00. The van der Waals surface area contributed by atoms with E-state index in [1.54, 1.807) is 18.2 Å². The SMILES string of the molecule is CC1CCc2ccccc2N1CCN=C1NS(=O)(=O)c2ccccc21. The summed E-state index contributed by atoms with van der Waals surface area (Å²) in [4.78, 5) is 7.23. The Labute approximate surface area is 148 Å². The van der Waals surface area contributed by atoms with Crippen molar-refractivity contribution in [3.8, 4) is 0 Å². The number of sulfonamides is 1. The van der Waals surface area contributed by atoms with Gasteiger partial charge in [-0.3, -0.25) is 9.71 Å². The number of hydrogen-bond acceptors (Lipinski definition) is 4. The molecule has 4 rings (SSSR count). The number of nitrogens with zero attached hydrogens (tertiary/aromatic N) is 2. The van der Waals surface area contributed by atoms with Gasteiger partial charge in [0.05, 0.1) is 11.4 Å². The summed E-state index contributed by atoms with van der Waals surface area (Å²) in [7, 11) is -3.46. The van der Waals surface area contributed by atoms with Crippen molar-refractivity contribution in [2.24, 2.45) is 4.99 Å². The number of fused-ring (bicyclic) bond motifs is 2. The first-order valence-electron chi connectivity index (χ1n) is 8.57. The van der Waals surface area contributed by atoms with Gasteiger partial charge in [-0.1, -0.05) is 30.3 Å². The van der Waals surface area contributed by atoms with Crippen molar-refractivity contribution in [3.63, 3.8) is 0 Å². The summed E-state index contributed by atoms with van der Waals surface area (Å²) < 4.78 is 26.9. The summed E-state index contributed by atoms with van der Waals surface area (Å²) in [6.07, 6.45) is 2.23. The molecule has 0 radical (unpaired) electrons. The smallest absolute Gasteiger partial charge is 0.263 e. The quantitative estimate of drug-likeness (QED) is 0.920. The highest BCUT2D eigenvalue weighted by Gasteiger charge is 2.30. The van der Waals surface area contributed by atoms with Crippen LogP contribution in [0.1, 0.15) is 24.5 Å². The maximum atomic E-state index is 12.1. The first kappa shape index (κ1) is 16.1. The molecular formula is C19H21N3O2S. The van der Waals surface area contributed by atoms with Crippen molar-refractivity contribution in [1.82, 2.24) is 4.72 Å². The van der Waals surface area contributed by atoms with E-state index in [2.05, 4.69) is 45.8 Å². The van der Waals surface area contributed by atoms with Gasteiger partial charge < -0.3 is 4.90 Å². The number of benzene rings is 2. The largest absolute Gasteiger partial charge is 0.367 e. The van der Waals surface area contributed by atoms with Crippen LogP contribution in [0.25, 0.3) is 0 Å². The fraction of sp³-hybridized carbons (Fsp3) is 0.316. The first-order valence-corrected chi connectivity index (χ1v) is 10.1. The molecule has 0 aliphatic carbocycles. The highest BCUT2D eigenvalue weighted by Crippen LogP contribution is 2.30. The lowest BCUT2D eigenvalue weighted by atomic mass is 9.97. The molecule has 1 unspecified atom stereocenters. The molecule has 130 valence electrons. The van der Waals surface area contributed by atoms with Crippen LogP contribution in [-0.4, -0.2) is 33.4 Å². The van der Waals surface area contributed by atoms with E-state index < -0.39 is 10.0 Å². The standard InChI is InChI=1S/C19H21N3O2S/c1-14-10-11-15-6-2-4-8-17(15)22(14)13-12-20-19-16-7-3-5-9-18(16)25(23,24)21-19/h2-9,14H,10-13H2,1H3,(H,20,21). The number of anilines is 1. The van der Waals surface area contributed by atoms with Crippen LogP contribution in [0.2, 0.25) is 0 Å². The Bertz CT molecular complexity index is 937. The molecule has 0 fully saturated rings. The summed E-state index contributed by atoms with van der Waals surface area (Å²) in [6, 6.07) is 15.9. The van der Waals surface area contributed by atoms with Crippen molar-refractivity contribution in [2.45, 2.75) is 30.7 Å². The molecule has 2 heterocycles. The second-order valence-electron chi connectivity index (χ2n) is 6.54. The fourth-order valence-electron chi connectivity index (χ4n) is 3.62. The molecule has 0 amide bonds. The molecule has 0 bridgehead atoms. The van der Waals surface area contributed by atoms with Crippen molar-refractivity contribution >= 4 is 21.5 Å². The van der Waals surface area contributed by atoms with E-state index in [9.17, 15) is 8.42 Å². The van der Waals surface area contributed by atoms with Crippen molar-refractivity contribution in [3.05, 3.63) is 59.7 Å². The summed E-state index contributed by atoms with van der Waals surface area (Å²) in [6.45, 7) is 3.55. The van der Waals surface area contributed by atoms with Crippen LogP contribution in [0.15, 0.2) is 58.4 Å². The molecule has 0 saturated heterocycles. The minimum absolute atomic E-state index is 0.311. The first-order chi connectivity index (χ1) is 12.1. The van der Waals surface area contributed by atoms with Crippen LogP contribution in [-0.2, 0) is 16.4 Å². The number of para-hydroxylation sites is 1. The molecule has 1 N–H and O–H groups in total. The van der Waals surface area contributed by atoms with Crippen molar-refractivity contribution in [1.29, 1.82) is 0 Å². The maximum absolute atomic E-state index is 12.1. The van der Waals surface area contributed by atoms with Crippen molar-refractivity contribution < 1.29 is 8.42 Å². The normalized spacial score (nSPS) is 22.4. The van der Waals surface area contributed by atoms with Gasteiger partial charge in [0.1, 0.15) is 5.84 Å². The number of aliphatic imine (C=N–C) groups is 1. The zero-order valence-electron chi connectivity index (χ0n) is 14.1. The van der Waals surface area contributed by atoms with Crippen molar-refractivity contribution in [2.75, 3.05) is 18.0 Å². The number of hydrogen-bond donors (Lipinski definition) is 1. The Morgan fingerprint density at radius 2 is 1.92 bits per heavy atom. The lowest BCUT2D eigenvalue weighted by Gasteiger charge is -2.36. The summed E-state index contributed by atoms with van der Waals surface area (Å²) >= 11 is 0. The van der Waals surface area contributed by atoms with Crippen LogP contribution in [0.5, 0.6) is 0 Å². The van der Waals surface area contributed by atoms with E-state index in [0.29, 0.717) is 28.9 Å². The van der Waals surface area contributed by atoms with E-state index >= 15 is 0 Å². The van der Waals surface area contributed by atoms with Gasteiger partial charge in [0, 0.05) is 23.8 Å². The average molecular weight is 355 g/mol. The van der Waals surface area contributed by atoms with E-state index in [0.717, 1.165) is 19.4 Å². The molecule has 0 spiro atoms. The van der Waals surface area contributed by atoms with Gasteiger partial charge in [0.15, 0.2) is 0 Å². The molecule has 25 heavy (non-hydrogen) atoms. The summed E-state index contributed by atoms with van der Waals surface area (Å²) in [5.41, 5.74) is 3.31. The molecule has 2 aliphatic heterocycles. The van der Waals surface area contributed by atoms with E-state index in [-0.39, 0.29) is 0 Å². The molecule has 0 saturated carbocycles. The molecule has 5 nitrogen and oxygen atoms in total. The average Bonchev–Trinajstić information content (AvgIpc) is 2.88. The van der Waals surface area contributed by atoms with E-state index in [1.165, 1.54) is 11.3 Å². The van der Waals surface area contributed by atoms with Crippen LogP contribution in [0.3, 0.4) is 0 Å². The zero-order valence-corrected chi connectivity index (χ0v) is 15.0. The summed E-state index contributed by atoms with van der Waals surface area (Å²) in [5.74, 6) is 0.452.